The lowest BCUT2D eigenvalue weighted by atomic mass is 10.0. The molecule has 0 saturated carbocycles. The molecule has 1 aromatic carbocycles. The summed E-state index contributed by atoms with van der Waals surface area (Å²) in [6, 6.07) is -1.56. The van der Waals surface area contributed by atoms with Crippen molar-refractivity contribution >= 4 is 23.5 Å². The molecular weight excluding hydrogens is 477 g/mol. The summed E-state index contributed by atoms with van der Waals surface area (Å²) >= 11 is 5.67. The molecule has 2 aromatic rings. The van der Waals surface area contributed by atoms with Crippen LogP contribution in [0.4, 0.5) is 26.7 Å². The zero-order valence-electron chi connectivity index (χ0n) is 16.9. The van der Waals surface area contributed by atoms with Gasteiger partial charge in [0.1, 0.15) is 22.7 Å². The van der Waals surface area contributed by atoms with Crippen LogP contribution in [0.25, 0.3) is 0 Å². The number of rotatable bonds is 5. The summed E-state index contributed by atoms with van der Waals surface area (Å²) in [5.74, 6) is -2.58. The molecule has 1 aliphatic heterocycles. The molecule has 14 heteroatoms. The van der Waals surface area contributed by atoms with Crippen LogP contribution in [0.3, 0.4) is 0 Å². The number of urea groups is 1. The third-order valence-corrected chi connectivity index (χ3v) is 5.10. The van der Waals surface area contributed by atoms with Gasteiger partial charge in [-0.25, -0.2) is 23.5 Å². The number of halogens is 6. The number of aromatic nitrogens is 2. The number of benzene rings is 1. The first-order valence-corrected chi connectivity index (χ1v) is 9.85. The van der Waals surface area contributed by atoms with Crippen molar-refractivity contribution in [1.29, 1.82) is 0 Å². The first-order chi connectivity index (χ1) is 15.5. The molecule has 0 radical (unpaired) electrons. The van der Waals surface area contributed by atoms with Gasteiger partial charge in [-0.1, -0.05) is 17.7 Å². The van der Waals surface area contributed by atoms with E-state index in [1.54, 1.807) is 0 Å². The van der Waals surface area contributed by atoms with Gasteiger partial charge >= 0.3 is 18.2 Å². The molecular formula is C19H17ClF5N5O3. The van der Waals surface area contributed by atoms with Crippen LogP contribution >= 0.6 is 11.6 Å². The highest BCUT2D eigenvalue weighted by Gasteiger charge is 2.33. The van der Waals surface area contributed by atoms with Gasteiger partial charge in [-0.05, 0) is 13.0 Å². The summed E-state index contributed by atoms with van der Waals surface area (Å²) < 4.78 is 69.8. The van der Waals surface area contributed by atoms with Gasteiger partial charge < -0.3 is 20.3 Å². The Labute approximate surface area is 189 Å². The van der Waals surface area contributed by atoms with E-state index in [2.05, 4.69) is 25.3 Å². The van der Waals surface area contributed by atoms with E-state index >= 15 is 0 Å². The second-order valence-corrected chi connectivity index (χ2v) is 7.39. The van der Waals surface area contributed by atoms with Crippen molar-refractivity contribution < 1.29 is 36.3 Å². The number of carbonyl (C=O) groups is 2. The topological polar surface area (TPSA) is 96.5 Å². The molecule has 2 N–H and O–H groups in total. The molecule has 0 bridgehead atoms. The molecule has 0 spiro atoms. The SMILES string of the molecule is C[C@@H]1C(=O)NCCN1C(=O)N[C@@H](c1cnc(OCC(F)(F)F)nc1)c1ccc(F)c(Cl)c1F. The molecule has 33 heavy (non-hydrogen) atoms. The highest BCUT2D eigenvalue weighted by molar-refractivity contribution is 6.31. The zero-order valence-corrected chi connectivity index (χ0v) is 17.7. The van der Waals surface area contributed by atoms with Crippen LogP contribution in [0.2, 0.25) is 5.02 Å². The Morgan fingerprint density at radius 2 is 2.00 bits per heavy atom. The average molecular weight is 494 g/mol. The fourth-order valence-corrected chi connectivity index (χ4v) is 3.24. The number of hydrogen-bond donors (Lipinski definition) is 2. The summed E-state index contributed by atoms with van der Waals surface area (Å²) in [6.45, 7) is 0.239. The minimum absolute atomic E-state index is 0.0402. The van der Waals surface area contributed by atoms with E-state index in [0.717, 1.165) is 24.5 Å². The van der Waals surface area contributed by atoms with Gasteiger partial charge in [-0.15, -0.1) is 0 Å². The van der Waals surface area contributed by atoms with E-state index < -0.39 is 59.5 Å². The average Bonchev–Trinajstić information content (AvgIpc) is 2.76. The summed E-state index contributed by atoms with van der Waals surface area (Å²) in [7, 11) is 0. The van der Waals surface area contributed by atoms with E-state index in [0.29, 0.717) is 0 Å². The highest BCUT2D eigenvalue weighted by atomic mass is 35.5. The Morgan fingerprint density at radius 3 is 2.64 bits per heavy atom. The van der Waals surface area contributed by atoms with Gasteiger partial charge in [0.15, 0.2) is 6.61 Å². The molecule has 178 valence electrons. The maximum atomic E-state index is 14.8. The molecule has 1 aromatic heterocycles. The predicted octanol–water partition coefficient (Wildman–Crippen LogP) is 2.97. The molecule has 2 heterocycles. The lowest BCUT2D eigenvalue weighted by molar-refractivity contribution is -0.154. The molecule has 1 fully saturated rings. The fourth-order valence-electron chi connectivity index (χ4n) is 3.07. The Morgan fingerprint density at radius 1 is 1.33 bits per heavy atom. The number of nitrogens with one attached hydrogen (secondary N) is 2. The fraction of sp³-hybridized carbons (Fsp3) is 0.368. The lowest BCUT2D eigenvalue weighted by Gasteiger charge is -2.34. The van der Waals surface area contributed by atoms with Crippen LogP contribution in [-0.2, 0) is 4.79 Å². The third kappa shape index (κ3) is 5.78. The van der Waals surface area contributed by atoms with Crippen molar-refractivity contribution in [3.8, 4) is 6.01 Å². The van der Waals surface area contributed by atoms with Crippen LogP contribution in [0.5, 0.6) is 6.01 Å². The standard InChI is InChI=1S/C19H17ClF5N5O3/c1-9-16(31)26-4-5-30(9)18(32)29-15(11-2-3-12(21)13(20)14(11)22)10-6-27-17(28-7-10)33-8-19(23,24)25/h2-3,6-7,9,15H,4-5,8H2,1H3,(H,26,31)(H,29,32)/t9-,15+/m1/s1. The number of hydrogen-bond acceptors (Lipinski definition) is 5. The molecule has 3 amide bonds. The minimum Gasteiger partial charge on any atom is -0.454 e. The second kappa shape index (κ2) is 9.73. The quantitative estimate of drug-likeness (QED) is 0.493. The van der Waals surface area contributed by atoms with E-state index in [4.69, 9.17) is 11.6 Å². The number of ether oxygens (including phenoxy) is 1. The Kier molecular flexibility index (Phi) is 7.20. The number of nitrogens with zero attached hydrogens (tertiary/aromatic N) is 3. The van der Waals surface area contributed by atoms with Gasteiger partial charge in [0.2, 0.25) is 5.91 Å². The van der Waals surface area contributed by atoms with Crippen LogP contribution < -0.4 is 15.4 Å². The van der Waals surface area contributed by atoms with Crippen LogP contribution in [0.1, 0.15) is 24.1 Å². The molecule has 8 nitrogen and oxygen atoms in total. The third-order valence-electron chi connectivity index (χ3n) is 4.75. The van der Waals surface area contributed by atoms with Crippen LogP contribution in [-0.4, -0.2) is 58.7 Å². The molecule has 0 unspecified atom stereocenters. The van der Waals surface area contributed by atoms with Gasteiger partial charge in [-0.2, -0.15) is 13.2 Å². The van der Waals surface area contributed by atoms with Crippen molar-refractivity contribution in [3.63, 3.8) is 0 Å². The van der Waals surface area contributed by atoms with E-state index in [1.807, 2.05) is 0 Å². The zero-order chi connectivity index (χ0) is 24.3. The van der Waals surface area contributed by atoms with Gasteiger partial charge in [0, 0.05) is 36.6 Å². The summed E-state index contributed by atoms with van der Waals surface area (Å²) in [5.41, 5.74) is -0.213. The first-order valence-electron chi connectivity index (χ1n) is 9.47. The van der Waals surface area contributed by atoms with Crippen molar-refractivity contribution in [3.05, 3.63) is 52.3 Å². The van der Waals surface area contributed by atoms with Crippen molar-refractivity contribution in [2.75, 3.05) is 19.7 Å². The molecule has 3 rings (SSSR count). The smallest absolute Gasteiger partial charge is 0.422 e. The van der Waals surface area contributed by atoms with Crippen LogP contribution in [0.15, 0.2) is 24.5 Å². The van der Waals surface area contributed by atoms with Gasteiger partial charge in [-0.3, -0.25) is 4.79 Å². The largest absolute Gasteiger partial charge is 0.454 e. The van der Waals surface area contributed by atoms with Crippen molar-refractivity contribution in [2.24, 2.45) is 0 Å². The Balaban J connectivity index is 1.92. The second-order valence-electron chi connectivity index (χ2n) is 7.01. The maximum Gasteiger partial charge on any atom is 0.422 e. The number of piperazine rings is 1. The monoisotopic (exact) mass is 493 g/mol. The summed E-state index contributed by atoms with van der Waals surface area (Å²) in [6.07, 6.45) is -2.57. The minimum atomic E-state index is -4.61. The normalized spacial score (nSPS) is 17.4. The molecule has 2 atom stereocenters. The van der Waals surface area contributed by atoms with Crippen molar-refractivity contribution in [1.82, 2.24) is 25.5 Å². The van der Waals surface area contributed by atoms with Gasteiger partial charge in [0.05, 0.1) is 6.04 Å². The number of carbonyl (C=O) groups excluding carboxylic acids is 2. The highest BCUT2D eigenvalue weighted by Crippen LogP contribution is 2.30. The van der Waals surface area contributed by atoms with E-state index in [-0.39, 0.29) is 24.2 Å². The van der Waals surface area contributed by atoms with Crippen LogP contribution in [0, 0.1) is 11.6 Å². The summed E-state index contributed by atoms with van der Waals surface area (Å²) in [5, 5.41) is 4.29. The molecule has 1 saturated heterocycles. The lowest BCUT2D eigenvalue weighted by Crippen LogP contribution is -2.58. The van der Waals surface area contributed by atoms with E-state index in [9.17, 15) is 31.5 Å². The van der Waals surface area contributed by atoms with Gasteiger partial charge in [0.25, 0.3) is 0 Å². The Hall–Kier alpha value is -3.22. The number of amides is 3. The van der Waals surface area contributed by atoms with E-state index in [1.165, 1.54) is 11.8 Å². The molecule has 0 aliphatic carbocycles. The Bertz CT molecular complexity index is 1040. The molecule has 1 aliphatic rings. The predicted molar refractivity (Wildman–Crippen MR) is 105 cm³/mol. The summed E-state index contributed by atoms with van der Waals surface area (Å²) in [4.78, 5) is 33.3. The first kappa shape index (κ1) is 24.4. The number of alkyl halides is 3. The van der Waals surface area contributed by atoms with Crippen molar-refractivity contribution in [2.45, 2.75) is 25.2 Å². The maximum absolute atomic E-state index is 14.8.